The lowest BCUT2D eigenvalue weighted by Gasteiger charge is -2.35. The quantitative estimate of drug-likeness (QED) is 0.906. The van der Waals surface area contributed by atoms with Crippen LogP contribution in [0.2, 0.25) is 5.02 Å². The van der Waals surface area contributed by atoms with Gasteiger partial charge in [0.05, 0.1) is 19.2 Å². The first-order chi connectivity index (χ1) is 9.72. The first kappa shape index (κ1) is 15.4. The van der Waals surface area contributed by atoms with E-state index in [1.165, 1.54) is 0 Å². The maximum absolute atomic E-state index is 6.54. The summed E-state index contributed by atoms with van der Waals surface area (Å²) in [4.78, 5) is 2.48. The minimum absolute atomic E-state index is 0.324. The first-order valence-corrected chi connectivity index (χ1v) is 7.45. The Morgan fingerprint density at radius 1 is 1.25 bits per heavy atom. The van der Waals surface area contributed by atoms with Gasteiger partial charge in [-0.25, -0.2) is 0 Å². The molecule has 1 saturated heterocycles. The van der Waals surface area contributed by atoms with Crippen LogP contribution in [0.1, 0.15) is 24.9 Å². The van der Waals surface area contributed by atoms with E-state index in [2.05, 4.69) is 23.2 Å². The topological polar surface area (TPSA) is 33.7 Å². The van der Waals surface area contributed by atoms with E-state index in [4.69, 9.17) is 21.1 Å². The highest BCUT2D eigenvalue weighted by Gasteiger charge is 2.25. The summed E-state index contributed by atoms with van der Waals surface area (Å²) in [6.45, 7) is 6.34. The molecule has 0 bridgehead atoms. The van der Waals surface area contributed by atoms with Crippen molar-refractivity contribution in [3.63, 3.8) is 0 Å². The van der Waals surface area contributed by atoms with Crippen LogP contribution in [0.25, 0.3) is 0 Å². The monoisotopic (exact) mass is 298 g/mol. The van der Waals surface area contributed by atoms with Crippen molar-refractivity contribution >= 4 is 11.6 Å². The van der Waals surface area contributed by atoms with Gasteiger partial charge in [-0.2, -0.15) is 0 Å². The molecule has 2 rings (SSSR count). The Kier molecular flexibility index (Phi) is 5.52. The lowest BCUT2D eigenvalue weighted by molar-refractivity contribution is 0.169. The van der Waals surface area contributed by atoms with Crippen LogP contribution >= 0.6 is 11.6 Å². The summed E-state index contributed by atoms with van der Waals surface area (Å²) in [5.74, 6) is 1.30. The van der Waals surface area contributed by atoms with Crippen LogP contribution < -0.4 is 14.8 Å². The second-order valence-electron chi connectivity index (χ2n) is 4.91. The van der Waals surface area contributed by atoms with E-state index in [1.54, 1.807) is 14.2 Å². The molecule has 1 aliphatic heterocycles. The molecule has 0 spiro atoms. The van der Waals surface area contributed by atoms with E-state index in [0.29, 0.717) is 22.6 Å². The molecule has 0 aromatic heterocycles. The summed E-state index contributed by atoms with van der Waals surface area (Å²) < 4.78 is 10.7. The molecule has 112 valence electrons. The number of piperazine rings is 1. The number of nitrogens with one attached hydrogen (secondary N) is 1. The third-order valence-corrected chi connectivity index (χ3v) is 4.24. The maximum atomic E-state index is 6.54. The molecule has 1 aliphatic rings. The zero-order valence-electron chi connectivity index (χ0n) is 12.4. The fourth-order valence-electron chi connectivity index (χ4n) is 2.83. The third-order valence-electron chi connectivity index (χ3n) is 3.85. The molecule has 1 N–H and O–H groups in total. The number of nitrogens with zero attached hydrogens (tertiary/aromatic N) is 1. The Bertz CT molecular complexity index is 448. The van der Waals surface area contributed by atoms with Crippen LogP contribution in [-0.2, 0) is 0 Å². The van der Waals surface area contributed by atoms with Crippen molar-refractivity contribution in [1.29, 1.82) is 0 Å². The molecule has 0 radical (unpaired) electrons. The highest BCUT2D eigenvalue weighted by atomic mass is 35.5. The summed E-state index contributed by atoms with van der Waals surface area (Å²) in [6.07, 6.45) is 1.02. The van der Waals surface area contributed by atoms with Crippen LogP contribution in [0.4, 0.5) is 0 Å². The highest BCUT2D eigenvalue weighted by molar-refractivity contribution is 6.33. The Labute approximate surface area is 126 Å². The van der Waals surface area contributed by atoms with E-state index < -0.39 is 0 Å². The van der Waals surface area contributed by atoms with Crippen molar-refractivity contribution < 1.29 is 9.47 Å². The van der Waals surface area contributed by atoms with Crippen LogP contribution in [0.3, 0.4) is 0 Å². The smallest absolute Gasteiger partial charge is 0.179 e. The molecule has 1 fully saturated rings. The average Bonchev–Trinajstić information content (AvgIpc) is 2.50. The number of hydrogen-bond acceptors (Lipinski definition) is 4. The number of methoxy groups -OCH3 is 2. The van der Waals surface area contributed by atoms with Gasteiger partial charge in [-0.15, -0.1) is 0 Å². The number of ether oxygens (including phenoxy) is 2. The SMILES string of the molecule is CC[C@H](c1ccc(OC)c(OC)c1Cl)N1CCNCC1. The summed E-state index contributed by atoms with van der Waals surface area (Å²) >= 11 is 6.54. The van der Waals surface area contributed by atoms with Gasteiger partial charge >= 0.3 is 0 Å². The largest absolute Gasteiger partial charge is 0.493 e. The number of halogens is 1. The summed E-state index contributed by atoms with van der Waals surface area (Å²) in [5, 5.41) is 4.05. The number of rotatable bonds is 5. The van der Waals surface area contributed by atoms with E-state index in [1.807, 2.05) is 6.07 Å². The van der Waals surface area contributed by atoms with Crippen molar-refractivity contribution in [2.75, 3.05) is 40.4 Å². The van der Waals surface area contributed by atoms with Gasteiger partial charge in [-0.05, 0) is 18.1 Å². The van der Waals surface area contributed by atoms with Gasteiger partial charge in [0.25, 0.3) is 0 Å². The molecule has 1 heterocycles. The third kappa shape index (κ3) is 3.03. The molecule has 0 unspecified atom stereocenters. The predicted octanol–water partition coefficient (Wildman–Crippen LogP) is 2.71. The molecular formula is C15H23ClN2O2. The second kappa shape index (κ2) is 7.16. The van der Waals surface area contributed by atoms with Gasteiger partial charge in [0.15, 0.2) is 11.5 Å². The molecule has 0 aliphatic carbocycles. The minimum atomic E-state index is 0.324. The maximum Gasteiger partial charge on any atom is 0.179 e. The molecule has 1 atom stereocenters. The molecule has 0 amide bonds. The van der Waals surface area contributed by atoms with Crippen LogP contribution in [0, 0.1) is 0 Å². The Morgan fingerprint density at radius 3 is 2.50 bits per heavy atom. The normalized spacial score (nSPS) is 17.8. The Balaban J connectivity index is 2.34. The molecule has 1 aromatic carbocycles. The minimum Gasteiger partial charge on any atom is -0.493 e. The van der Waals surface area contributed by atoms with Crippen molar-refractivity contribution in [2.45, 2.75) is 19.4 Å². The standard InChI is InChI=1S/C15H23ClN2O2/c1-4-12(18-9-7-17-8-10-18)11-5-6-13(19-2)15(20-3)14(11)16/h5-6,12,17H,4,7-10H2,1-3H3/t12-/m1/s1. The Hall–Kier alpha value is -0.970. The lowest BCUT2D eigenvalue weighted by atomic mass is 10.0. The van der Waals surface area contributed by atoms with Crippen LogP contribution in [0.15, 0.2) is 12.1 Å². The summed E-state index contributed by atoms with van der Waals surface area (Å²) in [6, 6.07) is 4.31. The highest BCUT2D eigenvalue weighted by Crippen LogP contribution is 2.41. The zero-order valence-corrected chi connectivity index (χ0v) is 13.2. The number of hydrogen-bond donors (Lipinski definition) is 1. The van der Waals surface area contributed by atoms with E-state index >= 15 is 0 Å². The van der Waals surface area contributed by atoms with Crippen molar-refractivity contribution in [3.8, 4) is 11.5 Å². The molecular weight excluding hydrogens is 276 g/mol. The fourth-order valence-corrected chi connectivity index (χ4v) is 3.19. The van der Waals surface area contributed by atoms with E-state index in [9.17, 15) is 0 Å². The van der Waals surface area contributed by atoms with Gasteiger partial charge in [-0.1, -0.05) is 24.6 Å². The molecule has 4 nitrogen and oxygen atoms in total. The first-order valence-electron chi connectivity index (χ1n) is 7.08. The fraction of sp³-hybridized carbons (Fsp3) is 0.600. The summed E-state index contributed by atoms with van der Waals surface area (Å²) in [7, 11) is 3.25. The number of benzene rings is 1. The van der Waals surface area contributed by atoms with Crippen LogP contribution in [-0.4, -0.2) is 45.3 Å². The predicted molar refractivity (Wildman–Crippen MR) is 82.0 cm³/mol. The van der Waals surface area contributed by atoms with Crippen molar-refractivity contribution in [1.82, 2.24) is 10.2 Å². The molecule has 0 saturated carbocycles. The van der Waals surface area contributed by atoms with Gasteiger partial charge in [0.2, 0.25) is 0 Å². The van der Waals surface area contributed by atoms with Gasteiger partial charge in [0, 0.05) is 32.2 Å². The van der Waals surface area contributed by atoms with Crippen LogP contribution in [0.5, 0.6) is 11.5 Å². The van der Waals surface area contributed by atoms with Gasteiger partial charge in [0.1, 0.15) is 0 Å². The van der Waals surface area contributed by atoms with E-state index in [0.717, 1.165) is 38.2 Å². The second-order valence-corrected chi connectivity index (χ2v) is 5.29. The van der Waals surface area contributed by atoms with Gasteiger partial charge < -0.3 is 14.8 Å². The average molecular weight is 299 g/mol. The summed E-state index contributed by atoms with van der Waals surface area (Å²) in [5.41, 5.74) is 1.12. The van der Waals surface area contributed by atoms with Crippen molar-refractivity contribution in [3.05, 3.63) is 22.7 Å². The molecule has 1 aromatic rings. The van der Waals surface area contributed by atoms with Crippen molar-refractivity contribution in [2.24, 2.45) is 0 Å². The van der Waals surface area contributed by atoms with E-state index in [-0.39, 0.29) is 0 Å². The van der Waals surface area contributed by atoms with Gasteiger partial charge in [-0.3, -0.25) is 4.90 Å². The lowest BCUT2D eigenvalue weighted by Crippen LogP contribution is -2.45. The Morgan fingerprint density at radius 2 is 1.95 bits per heavy atom. The zero-order chi connectivity index (χ0) is 14.5. The molecule has 20 heavy (non-hydrogen) atoms. The molecule has 5 heteroatoms.